The molecule has 29 heavy (non-hydrogen) atoms. The molecular formula is C20H15BrClN3O3S. The number of benzene rings is 2. The molecule has 1 aliphatic rings. The Morgan fingerprint density at radius 3 is 2.90 bits per heavy atom. The van der Waals surface area contributed by atoms with Gasteiger partial charge in [-0.1, -0.05) is 33.6 Å². The van der Waals surface area contributed by atoms with E-state index in [2.05, 4.69) is 26.2 Å². The lowest BCUT2D eigenvalue weighted by Gasteiger charge is -2.28. The number of hydrogen-bond donors (Lipinski definition) is 1. The molecule has 148 valence electrons. The molecule has 3 aromatic rings. The van der Waals surface area contributed by atoms with Gasteiger partial charge in [-0.2, -0.15) is 0 Å². The normalized spacial score (nSPS) is 13.9. The predicted octanol–water partition coefficient (Wildman–Crippen LogP) is 4.90. The summed E-state index contributed by atoms with van der Waals surface area (Å²) in [4.78, 5) is 32.1. The van der Waals surface area contributed by atoms with Crippen molar-refractivity contribution in [2.24, 2.45) is 0 Å². The molecular weight excluding hydrogens is 478 g/mol. The Morgan fingerprint density at radius 2 is 2.17 bits per heavy atom. The summed E-state index contributed by atoms with van der Waals surface area (Å²) in [5.74, 6) is -0.151. The third-order valence-corrected chi connectivity index (χ3v) is 6.03. The molecule has 0 unspecified atom stereocenters. The maximum Gasteiger partial charge on any atom is 0.255 e. The smallest absolute Gasteiger partial charge is 0.255 e. The Hall–Kier alpha value is -2.42. The minimum atomic E-state index is -0.939. The average molecular weight is 493 g/mol. The first kappa shape index (κ1) is 19.9. The molecule has 6 nitrogen and oxygen atoms in total. The Bertz CT molecular complexity index is 1090. The van der Waals surface area contributed by atoms with E-state index in [0.717, 1.165) is 10.0 Å². The van der Waals surface area contributed by atoms with Crippen molar-refractivity contribution < 1.29 is 14.3 Å². The highest BCUT2D eigenvalue weighted by Crippen LogP contribution is 2.38. The molecule has 0 bridgehead atoms. The summed E-state index contributed by atoms with van der Waals surface area (Å²) in [7, 11) is 1.51. The fourth-order valence-electron chi connectivity index (χ4n) is 3.33. The summed E-state index contributed by atoms with van der Waals surface area (Å²) < 4.78 is 6.26. The van der Waals surface area contributed by atoms with Crippen molar-refractivity contribution in [2.45, 2.75) is 12.6 Å². The van der Waals surface area contributed by atoms with Gasteiger partial charge in [-0.05, 0) is 35.9 Å². The van der Waals surface area contributed by atoms with Gasteiger partial charge in [-0.15, -0.1) is 11.3 Å². The number of methoxy groups -OCH3 is 1. The molecule has 1 N–H and O–H groups in total. The van der Waals surface area contributed by atoms with Gasteiger partial charge in [-0.25, -0.2) is 4.98 Å². The molecule has 2 amide bonds. The second-order valence-corrected chi connectivity index (χ2v) is 8.60. The van der Waals surface area contributed by atoms with Gasteiger partial charge in [0, 0.05) is 38.7 Å². The molecule has 0 saturated heterocycles. The number of carbonyl (C=O) groups excluding carboxylic acids is 2. The van der Waals surface area contributed by atoms with Crippen LogP contribution in [0.3, 0.4) is 0 Å². The van der Waals surface area contributed by atoms with E-state index in [1.54, 1.807) is 35.8 Å². The number of anilines is 1. The quantitative estimate of drug-likeness (QED) is 0.550. The fourth-order valence-corrected chi connectivity index (χ4v) is 4.41. The van der Waals surface area contributed by atoms with Crippen LogP contribution in [0.5, 0.6) is 5.75 Å². The standard InChI is InChI=1S/C20H15BrClN3O3S/c1-28-16-5-4-13(22)9-15(16)17(18(26)24-20-23-6-7-29-20)25-10-11-2-3-12(21)8-14(11)19(25)27/h2-9,17H,10H2,1H3,(H,23,24,26)/t17-/m1/s1. The van der Waals surface area contributed by atoms with Crippen LogP contribution in [0.25, 0.3) is 0 Å². The molecule has 0 saturated carbocycles. The lowest BCUT2D eigenvalue weighted by Crippen LogP contribution is -2.37. The van der Waals surface area contributed by atoms with Crippen LogP contribution in [0.15, 0.2) is 52.4 Å². The van der Waals surface area contributed by atoms with Gasteiger partial charge >= 0.3 is 0 Å². The zero-order valence-electron chi connectivity index (χ0n) is 15.2. The number of aromatic nitrogens is 1. The summed E-state index contributed by atoms with van der Waals surface area (Å²) in [6.45, 7) is 0.299. The maximum absolute atomic E-state index is 13.3. The van der Waals surface area contributed by atoms with Crippen molar-refractivity contribution >= 4 is 55.8 Å². The number of ether oxygens (including phenoxy) is 1. The highest BCUT2D eigenvalue weighted by Gasteiger charge is 2.39. The van der Waals surface area contributed by atoms with Crippen LogP contribution >= 0.6 is 38.9 Å². The van der Waals surface area contributed by atoms with Crippen molar-refractivity contribution in [3.8, 4) is 5.75 Å². The van der Waals surface area contributed by atoms with E-state index in [4.69, 9.17) is 16.3 Å². The van der Waals surface area contributed by atoms with E-state index < -0.39 is 6.04 Å². The minimum absolute atomic E-state index is 0.234. The fraction of sp³-hybridized carbons (Fsp3) is 0.150. The van der Waals surface area contributed by atoms with Crippen molar-refractivity contribution in [3.63, 3.8) is 0 Å². The van der Waals surface area contributed by atoms with E-state index in [0.29, 0.717) is 33.6 Å². The minimum Gasteiger partial charge on any atom is -0.496 e. The lowest BCUT2D eigenvalue weighted by molar-refractivity contribution is -0.120. The van der Waals surface area contributed by atoms with Crippen LogP contribution in [0, 0.1) is 0 Å². The van der Waals surface area contributed by atoms with Crippen LogP contribution in [0.1, 0.15) is 27.5 Å². The van der Waals surface area contributed by atoms with Gasteiger partial charge in [-0.3, -0.25) is 14.9 Å². The molecule has 4 rings (SSSR count). The van der Waals surface area contributed by atoms with Gasteiger partial charge < -0.3 is 9.64 Å². The van der Waals surface area contributed by atoms with E-state index in [-0.39, 0.29) is 11.8 Å². The van der Waals surface area contributed by atoms with E-state index in [1.165, 1.54) is 23.3 Å². The molecule has 2 aromatic carbocycles. The Morgan fingerprint density at radius 1 is 1.34 bits per heavy atom. The maximum atomic E-state index is 13.3. The number of nitrogens with one attached hydrogen (secondary N) is 1. The number of fused-ring (bicyclic) bond motifs is 1. The van der Waals surface area contributed by atoms with Crippen molar-refractivity contribution in [3.05, 3.63) is 74.2 Å². The molecule has 0 radical (unpaired) electrons. The summed E-state index contributed by atoms with van der Waals surface area (Å²) in [6, 6.07) is 9.60. The van der Waals surface area contributed by atoms with E-state index >= 15 is 0 Å². The summed E-state index contributed by atoms with van der Waals surface area (Å²) in [5.41, 5.74) is 1.92. The highest BCUT2D eigenvalue weighted by atomic mass is 79.9. The number of thiazole rings is 1. The second-order valence-electron chi connectivity index (χ2n) is 6.35. The number of carbonyl (C=O) groups is 2. The summed E-state index contributed by atoms with van der Waals surface area (Å²) in [6.07, 6.45) is 1.60. The Kier molecular flexibility index (Phi) is 5.58. The molecule has 2 heterocycles. The van der Waals surface area contributed by atoms with E-state index in [1.807, 2.05) is 12.1 Å². The third kappa shape index (κ3) is 3.88. The lowest BCUT2D eigenvalue weighted by atomic mass is 10.0. The average Bonchev–Trinajstić information content (AvgIpc) is 3.31. The number of hydrogen-bond acceptors (Lipinski definition) is 5. The highest BCUT2D eigenvalue weighted by molar-refractivity contribution is 9.10. The van der Waals surface area contributed by atoms with Crippen LogP contribution < -0.4 is 10.1 Å². The van der Waals surface area contributed by atoms with Crippen molar-refractivity contribution in [1.29, 1.82) is 0 Å². The van der Waals surface area contributed by atoms with Crippen LogP contribution in [-0.4, -0.2) is 28.8 Å². The molecule has 1 atom stereocenters. The topological polar surface area (TPSA) is 71.5 Å². The number of nitrogens with zero attached hydrogens (tertiary/aromatic N) is 2. The van der Waals surface area contributed by atoms with Gasteiger partial charge in [0.1, 0.15) is 11.8 Å². The number of amides is 2. The SMILES string of the molecule is COc1ccc(Cl)cc1[C@H](C(=O)Nc1nccs1)N1Cc2ccc(Br)cc2C1=O. The molecule has 9 heteroatoms. The summed E-state index contributed by atoms with van der Waals surface area (Å²) in [5, 5.41) is 5.45. The zero-order chi connectivity index (χ0) is 20.5. The van der Waals surface area contributed by atoms with Crippen LogP contribution in [0.4, 0.5) is 5.13 Å². The van der Waals surface area contributed by atoms with Crippen LogP contribution in [-0.2, 0) is 11.3 Å². The molecule has 1 aliphatic heterocycles. The van der Waals surface area contributed by atoms with Crippen molar-refractivity contribution in [1.82, 2.24) is 9.88 Å². The molecule has 0 spiro atoms. The largest absolute Gasteiger partial charge is 0.496 e. The van der Waals surface area contributed by atoms with E-state index in [9.17, 15) is 9.59 Å². The monoisotopic (exact) mass is 491 g/mol. The molecule has 0 fully saturated rings. The number of rotatable bonds is 5. The summed E-state index contributed by atoms with van der Waals surface area (Å²) >= 11 is 10.9. The molecule has 0 aliphatic carbocycles. The van der Waals surface area contributed by atoms with Crippen LogP contribution in [0.2, 0.25) is 5.02 Å². The Labute approximate surface area is 184 Å². The van der Waals surface area contributed by atoms with Crippen molar-refractivity contribution in [2.75, 3.05) is 12.4 Å². The van der Waals surface area contributed by atoms with Gasteiger partial charge in [0.25, 0.3) is 11.8 Å². The first-order valence-electron chi connectivity index (χ1n) is 8.61. The predicted molar refractivity (Wildman–Crippen MR) is 116 cm³/mol. The Balaban J connectivity index is 1.78. The number of halogens is 2. The van der Waals surface area contributed by atoms with Gasteiger partial charge in [0.15, 0.2) is 5.13 Å². The zero-order valence-corrected chi connectivity index (χ0v) is 18.3. The second kappa shape index (κ2) is 8.14. The van der Waals surface area contributed by atoms with Gasteiger partial charge in [0.2, 0.25) is 0 Å². The van der Waals surface area contributed by atoms with Gasteiger partial charge in [0.05, 0.1) is 7.11 Å². The third-order valence-electron chi connectivity index (χ3n) is 4.61. The first-order valence-corrected chi connectivity index (χ1v) is 10.7. The first-order chi connectivity index (χ1) is 14.0. The molecule has 1 aromatic heterocycles.